The molecule has 1 amide bonds. The number of aromatic nitrogens is 2. The molecule has 1 N–H and O–H groups in total. The van der Waals surface area contributed by atoms with Crippen molar-refractivity contribution in [1.29, 1.82) is 0 Å². The Labute approximate surface area is 183 Å². The van der Waals surface area contributed by atoms with Crippen molar-refractivity contribution in [2.45, 2.75) is 38.6 Å². The third-order valence-electron chi connectivity index (χ3n) is 5.58. The molecule has 0 fully saturated rings. The number of amides is 1. The van der Waals surface area contributed by atoms with Crippen molar-refractivity contribution >= 4 is 16.9 Å². The monoisotopic (exact) mass is 411 g/mol. The van der Waals surface area contributed by atoms with E-state index in [2.05, 4.69) is 70.5 Å². The predicted octanol–water partition coefficient (Wildman–Crippen LogP) is 4.96. The fourth-order valence-electron chi connectivity index (χ4n) is 3.92. The molecule has 3 aromatic carbocycles. The highest BCUT2D eigenvalue weighted by molar-refractivity contribution is 5.76. The van der Waals surface area contributed by atoms with Crippen LogP contribution >= 0.6 is 0 Å². The van der Waals surface area contributed by atoms with Crippen LogP contribution in [0.5, 0.6) is 0 Å². The van der Waals surface area contributed by atoms with Crippen LogP contribution in [0.15, 0.2) is 84.9 Å². The molecule has 0 bridgehead atoms. The van der Waals surface area contributed by atoms with Gasteiger partial charge in [0, 0.05) is 25.9 Å². The van der Waals surface area contributed by atoms with Crippen LogP contribution in [-0.4, -0.2) is 22.0 Å². The smallest absolute Gasteiger partial charge is 0.220 e. The fraction of sp³-hybridized carbons (Fsp3) is 0.259. The zero-order valence-corrected chi connectivity index (χ0v) is 17.8. The Hall–Kier alpha value is -3.40. The molecule has 0 aliphatic rings. The highest BCUT2D eigenvalue weighted by atomic mass is 16.1. The summed E-state index contributed by atoms with van der Waals surface area (Å²) in [7, 11) is 0. The van der Waals surface area contributed by atoms with Crippen molar-refractivity contribution < 1.29 is 4.79 Å². The summed E-state index contributed by atoms with van der Waals surface area (Å²) in [5.74, 6) is 1.21. The minimum atomic E-state index is 0.112. The molecule has 4 heteroatoms. The summed E-state index contributed by atoms with van der Waals surface area (Å²) in [4.78, 5) is 17.0. The summed E-state index contributed by atoms with van der Waals surface area (Å²) in [5, 5.41) is 3.06. The lowest BCUT2D eigenvalue weighted by Crippen LogP contribution is -2.25. The van der Waals surface area contributed by atoms with E-state index < -0.39 is 0 Å². The first-order valence-electron chi connectivity index (χ1n) is 11.1. The Morgan fingerprint density at radius 1 is 0.774 bits per heavy atom. The van der Waals surface area contributed by atoms with Gasteiger partial charge >= 0.3 is 0 Å². The molecule has 0 atom stereocenters. The van der Waals surface area contributed by atoms with Gasteiger partial charge in [0.05, 0.1) is 11.0 Å². The molecule has 0 aliphatic heterocycles. The first kappa shape index (κ1) is 20.9. The van der Waals surface area contributed by atoms with E-state index in [0.717, 1.165) is 43.6 Å². The second-order valence-electron chi connectivity index (χ2n) is 7.84. The van der Waals surface area contributed by atoms with Gasteiger partial charge in [0.2, 0.25) is 5.91 Å². The van der Waals surface area contributed by atoms with Crippen molar-refractivity contribution in [2.75, 3.05) is 6.54 Å². The number of benzene rings is 3. The molecule has 0 radical (unpaired) electrons. The van der Waals surface area contributed by atoms with E-state index in [0.29, 0.717) is 13.0 Å². The third-order valence-corrected chi connectivity index (χ3v) is 5.58. The minimum Gasteiger partial charge on any atom is -0.356 e. The number of para-hydroxylation sites is 2. The lowest BCUT2D eigenvalue weighted by Gasteiger charge is -2.10. The summed E-state index contributed by atoms with van der Waals surface area (Å²) in [6, 6.07) is 29.0. The van der Waals surface area contributed by atoms with E-state index in [1.54, 1.807) is 0 Å². The van der Waals surface area contributed by atoms with E-state index in [1.165, 1.54) is 16.6 Å². The van der Waals surface area contributed by atoms with Crippen molar-refractivity contribution in [1.82, 2.24) is 14.9 Å². The molecule has 0 saturated carbocycles. The number of imidazole rings is 1. The van der Waals surface area contributed by atoms with Gasteiger partial charge in [-0.25, -0.2) is 4.98 Å². The van der Waals surface area contributed by atoms with Gasteiger partial charge in [-0.05, 0) is 42.5 Å². The number of nitrogens with one attached hydrogen (secondary N) is 1. The quantitative estimate of drug-likeness (QED) is 0.375. The van der Waals surface area contributed by atoms with Crippen LogP contribution in [0.3, 0.4) is 0 Å². The van der Waals surface area contributed by atoms with E-state index in [-0.39, 0.29) is 5.91 Å². The number of rotatable bonds is 10. The van der Waals surface area contributed by atoms with E-state index in [1.807, 2.05) is 24.3 Å². The van der Waals surface area contributed by atoms with E-state index in [9.17, 15) is 4.79 Å². The molecule has 158 valence electrons. The van der Waals surface area contributed by atoms with Gasteiger partial charge in [-0.2, -0.15) is 0 Å². The van der Waals surface area contributed by atoms with E-state index in [4.69, 9.17) is 4.98 Å². The lowest BCUT2D eigenvalue weighted by molar-refractivity contribution is -0.121. The molecular weight excluding hydrogens is 382 g/mol. The molecule has 1 heterocycles. The highest BCUT2D eigenvalue weighted by Gasteiger charge is 2.10. The molecule has 4 aromatic rings. The molecule has 0 saturated heterocycles. The molecule has 31 heavy (non-hydrogen) atoms. The average Bonchev–Trinajstić information content (AvgIpc) is 3.18. The standard InChI is InChI=1S/C27H29N3O/c31-27(18-17-22-10-3-1-4-11-22)28-20-9-16-26-29-24-14-7-8-15-25(24)30(26)21-19-23-12-5-2-6-13-23/h1-8,10-15H,9,16-21H2,(H,28,31). The summed E-state index contributed by atoms with van der Waals surface area (Å²) >= 11 is 0. The third kappa shape index (κ3) is 5.82. The number of fused-ring (bicyclic) bond motifs is 1. The molecule has 4 nitrogen and oxygen atoms in total. The highest BCUT2D eigenvalue weighted by Crippen LogP contribution is 2.18. The zero-order valence-electron chi connectivity index (χ0n) is 17.8. The van der Waals surface area contributed by atoms with Gasteiger partial charge in [0.15, 0.2) is 0 Å². The number of nitrogens with zero attached hydrogens (tertiary/aromatic N) is 2. The van der Waals surface area contributed by atoms with Gasteiger partial charge in [0.25, 0.3) is 0 Å². The summed E-state index contributed by atoms with van der Waals surface area (Å²) in [5.41, 5.74) is 4.75. The Morgan fingerprint density at radius 2 is 1.42 bits per heavy atom. The Balaban J connectivity index is 1.31. The first-order valence-corrected chi connectivity index (χ1v) is 11.1. The number of carbonyl (C=O) groups excluding carboxylic acids is 1. The average molecular weight is 412 g/mol. The molecule has 1 aromatic heterocycles. The Morgan fingerprint density at radius 3 is 2.16 bits per heavy atom. The maximum absolute atomic E-state index is 12.2. The SMILES string of the molecule is O=C(CCc1ccccc1)NCCCc1nc2ccccc2n1CCc1ccccc1. The van der Waals surface area contributed by atoms with Crippen LogP contribution in [0.2, 0.25) is 0 Å². The molecular formula is C27H29N3O. The molecule has 0 aliphatic carbocycles. The topological polar surface area (TPSA) is 46.9 Å². The van der Waals surface area contributed by atoms with Crippen LogP contribution in [-0.2, 0) is 30.6 Å². The fourth-order valence-corrected chi connectivity index (χ4v) is 3.92. The summed E-state index contributed by atoms with van der Waals surface area (Å²) in [6.45, 7) is 1.58. The van der Waals surface area contributed by atoms with Crippen molar-refractivity contribution in [2.24, 2.45) is 0 Å². The number of carbonyl (C=O) groups is 1. The molecule has 0 spiro atoms. The van der Waals surface area contributed by atoms with Gasteiger partial charge < -0.3 is 9.88 Å². The Kier molecular flexibility index (Phi) is 7.12. The van der Waals surface area contributed by atoms with Crippen LogP contribution in [0.4, 0.5) is 0 Å². The summed E-state index contributed by atoms with van der Waals surface area (Å²) in [6.07, 6.45) is 4.01. The number of hydrogen-bond acceptors (Lipinski definition) is 2. The zero-order chi connectivity index (χ0) is 21.3. The van der Waals surface area contributed by atoms with E-state index >= 15 is 0 Å². The largest absolute Gasteiger partial charge is 0.356 e. The maximum atomic E-state index is 12.2. The van der Waals surface area contributed by atoms with Gasteiger partial charge in [0.1, 0.15) is 5.82 Å². The maximum Gasteiger partial charge on any atom is 0.220 e. The minimum absolute atomic E-state index is 0.112. The predicted molar refractivity (Wildman–Crippen MR) is 126 cm³/mol. The van der Waals surface area contributed by atoms with Crippen LogP contribution in [0.25, 0.3) is 11.0 Å². The van der Waals surface area contributed by atoms with Gasteiger partial charge in [-0.1, -0.05) is 72.8 Å². The molecule has 4 rings (SSSR count). The normalized spacial score (nSPS) is 11.0. The molecule has 0 unspecified atom stereocenters. The van der Waals surface area contributed by atoms with Crippen molar-refractivity contribution in [3.8, 4) is 0 Å². The van der Waals surface area contributed by atoms with Gasteiger partial charge in [-0.3, -0.25) is 4.79 Å². The van der Waals surface area contributed by atoms with Gasteiger partial charge in [-0.15, -0.1) is 0 Å². The summed E-state index contributed by atoms with van der Waals surface area (Å²) < 4.78 is 2.33. The van der Waals surface area contributed by atoms with Crippen LogP contribution in [0, 0.1) is 0 Å². The Bertz CT molecular complexity index is 1100. The second-order valence-corrected chi connectivity index (χ2v) is 7.84. The second kappa shape index (κ2) is 10.6. The van der Waals surface area contributed by atoms with Crippen LogP contribution < -0.4 is 5.32 Å². The van der Waals surface area contributed by atoms with Crippen molar-refractivity contribution in [3.05, 3.63) is 102 Å². The first-order chi connectivity index (χ1) is 15.3. The van der Waals surface area contributed by atoms with Crippen molar-refractivity contribution in [3.63, 3.8) is 0 Å². The number of aryl methyl sites for hydroxylation is 4. The van der Waals surface area contributed by atoms with Crippen LogP contribution in [0.1, 0.15) is 29.8 Å². The lowest BCUT2D eigenvalue weighted by atomic mass is 10.1. The number of hydrogen-bond donors (Lipinski definition) is 1.